The third-order valence-electron chi connectivity index (χ3n) is 1.60. The van der Waals surface area contributed by atoms with Gasteiger partial charge in [-0.2, -0.15) is 5.10 Å². The van der Waals surface area contributed by atoms with Crippen LogP contribution >= 0.6 is 0 Å². The fraction of sp³-hybridized carbons (Fsp3) is 0.556. The van der Waals surface area contributed by atoms with Crippen molar-refractivity contribution in [2.24, 2.45) is 0 Å². The van der Waals surface area contributed by atoms with Gasteiger partial charge in [-0.15, -0.1) is 6.42 Å². The van der Waals surface area contributed by atoms with Gasteiger partial charge in [0.1, 0.15) is 12.9 Å². The monoisotopic (exact) mass is 194 g/mol. The molecule has 0 amide bonds. The molecule has 0 aliphatic carbocycles. The van der Waals surface area contributed by atoms with Crippen LogP contribution in [0.2, 0.25) is 0 Å². The third-order valence-corrected chi connectivity index (χ3v) is 1.60. The van der Waals surface area contributed by atoms with Gasteiger partial charge in [-0.25, -0.2) is 9.67 Å². The SMILES string of the molecule is C#CCn1cnc(CNCCOC)n1. The van der Waals surface area contributed by atoms with Crippen molar-refractivity contribution >= 4 is 0 Å². The van der Waals surface area contributed by atoms with E-state index in [1.165, 1.54) is 0 Å². The van der Waals surface area contributed by atoms with Gasteiger partial charge >= 0.3 is 0 Å². The van der Waals surface area contributed by atoms with Crippen LogP contribution in [0.4, 0.5) is 0 Å². The van der Waals surface area contributed by atoms with Gasteiger partial charge in [0.2, 0.25) is 0 Å². The highest BCUT2D eigenvalue weighted by atomic mass is 16.5. The summed E-state index contributed by atoms with van der Waals surface area (Å²) in [6.45, 7) is 2.58. The van der Waals surface area contributed by atoms with Gasteiger partial charge in [0.05, 0.1) is 13.2 Å². The van der Waals surface area contributed by atoms with Crippen molar-refractivity contribution in [2.75, 3.05) is 20.3 Å². The fourth-order valence-corrected chi connectivity index (χ4v) is 0.958. The first-order valence-electron chi connectivity index (χ1n) is 4.38. The maximum atomic E-state index is 5.14. The summed E-state index contributed by atoms with van der Waals surface area (Å²) in [4.78, 5) is 4.09. The molecule has 0 atom stereocenters. The first-order valence-corrected chi connectivity index (χ1v) is 4.38. The molecular weight excluding hydrogens is 180 g/mol. The van der Waals surface area contributed by atoms with Crippen LogP contribution < -0.4 is 5.32 Å². The third kappa shape index (κ3) is 3.56. The molecule has 1 N–H and O–H groups in total. The molecule has 1 heterocycles. The summed E-state index contributed by atoms with van der Waals surface area (Å²) in [7, 11) is 1.67. The Balaban J connectivity index is 2.26. The van der Waals surface area contributed by atoms with Crippen molar-refractivity contribution in [3.05, 3.63) is 12.2 Å². The number of hydrogen-bond acceptors (Lipinski definition) is 4. The lowest BCUT2D eigenvalue weighted by molar-refractivity contribution is 0.199. The van der Waals surface area contributed by atoms with Crippen LogP contribution in [0.1, 0.15) is 5.82 Å². The summed E-state index contributed by atoms with van der Waals surface area (Å²) in [6, 6.07) is 0. The molecule has 5 heteroatoms. The number of ether oxygens (including phenoxy) is 1. The lowest BCUT2D eigenvalue weighted by Crippen LogP contribution is -2.19. The van der Waals surface area contributed by atoms with Crippen molar-refractivity contribution < 1.29 is 4.74 Å². The van der Waals surface area contributed by atoms with Crippen molar-refractivity contribution in [1.82, 2.24) is 20.1 Å². The summed E-state index contributed by atoms with van der Waals surface area (Å²) < 4.78 is 6.52. The Morgan fingerprint density at radius 3 is 3.29 bits per heavy atom. The summed E-state index contributed by atoms with van der Waals surface area (Å²) >= 11 is 0. The summed E-state index contributed by atoms with van der Waals surface area (Å²) in [6.07, 6.45) is 6.77. The van der Waals surface area contributed by atoms with E-state index in [4.69, 9.17) is 11.2 Å². The van der Waals surface area contributed by atoms with E-state index in [9.17, 15) is 0 Å². The maximum Gasteiger partial charge on any atom is 0.164 e. The van der Waals surface area contributed by atoms with Crippen LogP contribution in [-0.4, -0.2) is 35.0 Å². The maximum absolute atomic E-state index is 5.14. The van der Waals surface area contributed by atoms with Gasteiger partial charge in [0.25, 0.3) is 0 Å². The Morgan fingerprint density at radius 2 is 2.57 bits per heavy atom. The van der Waals surface area contributed by atoms with Crippen molar-refractivity contribution in [2.45, 2.75) is 13.1 Å². The van der Waals surface area contributed by atoms with Gasteiger partial charge < -0.3 is 10.1 Å². The second-order valence-electron chi connectivity index (χ2n) is 2.73. The van der Waals surface area contributed by atoms with E-state index in [2.05, 4.69) is 21.3 Å². The molecule has 0 unspecified atom stereocenters. The van der Waals surface area contributed by atoms with Crippen LogP contribution in [-0.2, 0) is 17.8 Å². The van der Waals surface area contributed by atoms with Crippen molar-refractivity contribution in [1.29, 1.82) is 0 Å². The van der Waals surface area contributed by atoms with Crippen LogP contribution in [0, 0.1) is 12.3 Å². The zero-order chi connectivity index (χ0) is 10.2. The Hall–Kier alpha value is -1.38. The molecular formula is C9H14N4O. The van der Waals surface area contributed by atoms with Crippen LogP contribution in [0.15, 0.2) is 6.33 Å². The van der Waals surface area contributed by atoms with Gasteiger partial charge in [0, 0.05) is 13.7 Å². The molecule has 0 saturated heterocycles. The minimum absolute atomic E-state index is 0.463. The largest absolute Gasteiger partial charge is 0.383 e. The number of terminal acetylenes is 1. The zero-order valence-electron chi connectivity index (χ0n) is 8.23. The predicted molar refractivity (Wildman–Crippen MR) is 52.4 cm³/mol. The van der Waals surface area contributed by atoms with E-state index in [0.717, 1.165) is 12.4 Å². The Morgan fingerprint density at radius 1 is 1.71 bits per heavy atom. The molecule has 0 bridgehead atoms. The lowest BCUT2D eigenvalue weighted by Gasteiger charge is -1.99. The molecule has 1 aromatic heterocycles. The molecule has 1 aromatic rings. The standard InChI is InChI=1S/C9H14N4O/c1-3-5-13-8-11-9(12-13)7-10-4-6-14-2/h1,8,10H,4-7H2,2H3. The number of nitrogens with one attached hydrogen (secondary N) is 1. The fourth-order valence-electron chi connectivity index (χ4n) is 0.958. The molecule has 0 saturated carbocycles. The van der Waals surface area contributed by atoms with Gasteiger partial charge in [-0.05, 0) is 0 Å². The van der Waals surface area contributed by atoms with Gasteiger partial charge in [-0.3, -0.25) is 0 Å². The molecule has 14 heavy (non-hydrogen) atoms. The van der Waals surface area contributed by atoms with E-state index in [-0.39, 0.29) is 0 Å². The van der Waals surface area contributed by atoms with Gasteiger partial charge in [0.15, 0.2) is 5.82 Å². The average Bonchev–Trinajstić information content (AvgIpc) is 2.61. The summed E-state index contributed by atoms with van der Waals surface area (Å²) in [5, 5.41) is 7.30. The van der Waals surface area contributed by atoms with Crippen LogP contribution in [0.5, 0.6) is 0 Å². The minimum atomic E-state index is 0.463. The highest BCUT2D eigenvalue weighted by Crippen LogP contribution is 1.88. The van der Waals surface area contributed by atoms with E-state index in [1.807, 2.05) is 0 Å². The van der Waals surface area contributed by atoms with Gasteiger partial charge in [-0.1, -0.05) is 5.92 Å². The van der Waals surface area contributed by atoms with Crippen molar-refractivity contribution in [3.8, 4) is 12.3 Å². The number of hydrogen-bond donors (Lipinski definition) is 1. The summed E-state index contributed by atoms with van der Waals surface area (Å²) in [5.41, 5.74) is 0. The smallest absolute Gasteiger partial charge is 0.164 e. The van der Waals surface area contributed by atoms with E-state index in [0.29, 0.717) is 19.7 Å². The highest BCUT2D eigenvalue weighted by molar-refractivity contribution is 4.87. The van der Waals surface area contributed by atoms with E-state index < -0.39 is 0 Å². The number of aromatic nitrogens is 3. The minimum Gasteiger partial charge on any atom is -0.383 e. The molecule has 0 spiro atoms. The quantitative estimate of drug-likeness (QED) is 0.496. The molecule has 0 fully saturated rings. The predicted octanol–water partition coefficient (Wildman–Crippen LogP) is -0.353. The molecule has 76 valence electrons. The molecule has 5 nitrogen and oxygen atoms in total. The number of rotatable bonds is 6. The Labute approximate surface area is 83.5 Å². The average molecular weight is 194 g/mol. The first kappa shape index (κ1) is 10.7. The molecule has 0 aliphatic rings. The second kappa shape index (κ2) is 6.13. The molecule has 0 aromatic carbocycles. The molecule has 0 aliphatic heterocycles. The molecule has 1 rings (SSSR count). The topological polar surface area (TPSA) is 52.0 Å². The lowest BCUT2D eigenvalue weighted by atomic mass is 10.5. The van der Waals surface area contributed by atoms with Crippen LogP contribution in [0.25, 0.3) is 0 Å². The van der Waals surface area contributed by atoms with E-state index >= 15 is 0 Å². The Bertz CT molecular complexity index is 302. The number of methoxy groups -OCH3 is 1. The second-order valence-corrected chi connectivity index (χ2v) is 2.73. The first-order chi connectivity index (χ1) is 6.86. The number of nitrogens with zero attached hydrogens (tertiary/aromatic N) is 3. The van der Waals surface area contributed by atoms with E-state index in [1.54, 1.807) is 18.1 Å². The Kier molecular flexibility index (Phi) is 4.69. The zero-order valence-corrected chi connectivity index (χ0v) is 8.23. The normalized spacial score (nSPS) is 10.0. The molecule has 0 radical (unpaired) electrons. The van der Waals surface area contributed by atoms with Crippen molar-refractivity contribution in [3.63, 3.8) is 0 Å². The highest BCUT2D eigenvalue weighted by Gasteiger charge is 1.98. The van der Waals surface area contributed by atoms with Crippen LogP contribution in [0.3, 0.4) is 0 Å². The summed E-state index contributed by atoms with van der Waals surface area (Å²) in [5.74, 6) is 3.24.